The molecule has 29 heavy (non-hydrogen) atoms. The zero-order valence-electron chi connectivity index (χ0n) is 16.7. The Labute approximate surface area is 175 Å². The van der Waals surface area contributed by atoms with E-state index in [2.05, 4.69) is 11.4 Å². The lowest BCUT2D eigenvalue weighted by molar-refractivity contribution is -1.02. The van der Waals surface area contributed by atoms with Crippen molar-refractivity contribution in [3.8, 4) is 11.5 Å². The van der Waals surface area contributed by atoms with Crippen molar-refractivity contribution in [3.63, 3.8) is 0 Å². The second kappa shape index (κ2) is 9.91. The van der Waals surface area contributed by atoms with Gasteiger partial charge in [-0.3, -0.25) is 4.79 Å². The molecule has 6 nitrogen and oxygen atoms in total. The average molecular weight is 424 g/mol. The maximum absolute atomic E-state index is 13.8. The molecule has 8 heteroatoms. The van der Waals surface area contributed by atoms with E-state index in [-0.39, 0.29) is 11.6 Å². The molecule has 2 aromatic carbocycles. The summed E-state index contributed by atoms with van der Waals surface area (Å²) >= 11 is 5.87. The third kappa shape index (κ3) is 5.82. The van der Waals surface area contributed by atoms with Crippen molar-refractivity contribution in [1.82, 2.24) is 0 Å². The van der Waals surface area contributed by atoms with E-state index in [1.165, 1.54) is 33.6 Å². The second-order valence-corrected chi connectivity index (χ2v) is 7.65. The number of amides is 1. The highest BCUT2D eigenvalue weighted by molar-refractivity contribution is 6.30. The van der Waals surface area contributed by atoms with Crippen molar-refractivity contribution in [1.29, 1.82) is 0 Å². The third-order valence-electron chi connectivity index (χ3n) is 5.18. The summed E-state index contributed by atoms with van der Waals surface area (Å²) < 4.78 is 24.4. The molecule has 1 fully saturated rings. The Hall–Kier alpha value is -2.35. The minimum atomic E-state index is -0.484. The van der Waals surface area contributed by atoms with Gasteiger partial charge in [0.05, 0.1) is 19.9 Å². The first kappa shape index (κ1) is 21.4. The zero-order valence-corrected chi connectivity index (χ0v) is 17.4. The molecule has 3 N–H and O–H groups in total. The van der Waals surface area contributed by atoms with Gasteiger partial charge in [-0.25, -0.2) is 4.39 Å². The number of carbonyl (C=O) groups is 1. The smallest absolute Gasteiger partial charge is 0.279 e. The maximum atomic E-state index is 13.8. The van der Waals surface area contributed by atoms with Gasteiger partial charge >= 0.3 is 0 Å². The van der Waals surface area contributed by atoms with Crippen LogP contribution < -0.4 is 24.6 Å². The van der Waals surface area contributed by atoms with E-state index in [1.807, 2.05) is 12.1 Å². The molecule has 0 unspecified atom stereocenters. The number of halogens is 2. The predicted molar refractivity (Wildman–Crippen MR) is 110 cm³/mol. The number of rotatable bonds is 7. The molecule has 0 radical (unpaired) electrons. The minimum Gasteiger partial charge on any atom is -0.493 e. The van der Waals surface area contributed by atoms with Gasteiger partial charge in [0.25, 0.3) is 5.91 Å². The molecule has 156 valence electrons. The quantitative estimate of drug-likeness (QED) is 0.605. The molecular weight excluding hydrogens is 397 g/mol. The standard InChI is InChI=1S/C21H25ClFN3O3/c1-28-19-6-3-15(11-20(19)29-2)13-25-7-9-26(10-8-25)14-21(27)24-18-12-16(22)4-5-17(18)23/h3-6,11-12H,7-10,13-14H2,1-2H3,(H,24,27)/p+2. The lowest BCUT2D eigenvalue weighted by atomic mass is 10.1. The summed E-state index contributed by atoms with van der Waals surface area (Å²) in [6, 6.07) is 10.1. The molecule has 0 aliphatic carbocycles. The van der Waals surface area contributed by atoms with Gasteiger partial charge in [-0.05, 0) is 36.4 Å². The Morgan fingerprint density at radius 1 is 1.03 bits per heavy atom. The van der Waals surface area contributed by atoms with Crippen molar-refractivity contribution in [2.75, 3.05) is 52.3 Å². The van der Waals surface area contributed by atoms with E-state index in [0.29, 0.717) is 11.6 Å². The molecule has 0 saturated carbocycles. The van der Waals surface area contributed by atoms with E-state index in [4.69, 9.17) is 21.1 Å². The number of nitrogens with one attached hydrogen (secondary N) is 3. The largest absolute Gasteiger partial charge is 0.493 e. The molecular formula is C21H27ClFN3O3+2. The van der Waals surface area contributed by atoms with Crippen LogP contribution in [0.25, 0.3) is 0 Å². The molecule has 0 aromatic heterocycles. The molecule has 3 rings (SSSR count). The Balaban J connectivity index is 1.48. The Kier molecular flexibility index (Phi) is 7.30. The van der Waals surface area contributed by atoms with Crippen molar-refractivity contribution < 1.29 is 28.5 Å². The van der Waals surface area contributed by atoms with Crippen molar-refractivity contribution >= 4 is 23.2 Å². The summed E-state index contributed by atoms with van der Waals surface area (Å²) in [5.41, 5.74) is 1.31. The van der Waals surface area contributed by atoms with Crippen molar-refractivity contribution in [2.24, 2.45) is 0 Å². The number of hydrogen-bond donors (Lipinski definition) is 3. The van der Waals surface area contributed by atoms with Gasteiger partial charge in [0, 0.05) is 10.6 Å². The van der Waals surface area contributed by atoms with E-state index in [0.717, 1.165) is 44.2 Å². The van der Waals surface area contributed by atoms with Crippen LogP contribution in [0.2, 0.25) is 5.02 Å². The van der Waals surface area contributed by atoms with Crippen LogP contribution in [-0.2, 0) is 11.3 Å². The molecule has 0 atom stereocenters. The number of benzene rings is 2. The number of ether oxygens (including phenoxy) is 2. The summed E-state index contributed by atoms with van der Waals surface area (Å²) in [4.78, 5) is 14.9. The van der Waals surface area contributed by atoms with Crippen LogP contribution in [0, 0.1) is 5.82 Å². The lowest BCUT2D eigenvalue weighted by Crippen LogP contribution is -3.28. The molecule has 1 heterocycles. The number of methoxy groups -OCH3 is 2. The summed E-state index contributed by atoms with van der Waals surface area (Å²) in [6.07, 6.45) is 0. The molecule has 1 aliphatic rings. The Bertz CT molecular complexity index is 857. The summed E-state index contributed by atoms with van der Waals surface area (Å²) in [7, 11) is 3.26. The van der Waals surface area contributed by atoms with Gasteiger partial charge in [0.15, 0.2) is 18.0 Å². The van der Waals surface area contributed by atoms with Crippen LogP contribution >= 0.6 is 11.6 Å². The number of quaternary nitrogens is 2. The van der Waals surface area contributed by atoms with Gasteiger partial charge in [-0.1, -0.05) is 11.6 Å². The normalized spacial score (nSPS) is 18.9. The fourth-order valence-corrected chi connectivity index (χ4v) is 3.78. The van der Waals surface area contributed by atoms with Gasteiger partial charge in [-0.15, -0.1) is 0 Å². The van der Waals surface area contributed by atoms with Crippen LogP contribution in [0.15, 0.2) is 36.4 Å². The fraction of sp³-hybridized carbons (Fsp3) is 0.381. The molecule has 0 spiro atoms. The monoisotopic (exact) mass is 423 g/mol. The number of piperazine rings is 1. The predicted octanol–water partition coefficient (Wildman–Crippen LogP) is 0.418. The van der Waals surface area contributed by atoms with E-state index < -0.39 is 5.82 Å². The van der Waals surface area contributed by atoms with E-state index >= 15 is 0 Å². The van der Waals surface area contributed by atoms with Crippen molar-refractivity contribution in [2.45, 2.75) is 6.54 Å². The first-order valence-electron chi connectivity index (χ1n) is 9.61. The summed E-state index contributed by atoms with van der Waals surface area (Å²) in [5, 5.41) is 3.01. The van der Waals surface area contributed by atoms with E-state index in [9.17, 15) is 9.18 Å². The Morgan fingerprint density at radius 2 is 1.72 bits per heavy atom. The SMILES string of the molecule is COc1ccc(C[NH+]2CC[NH+](CC(=O)Nc3cc(Cl)ccc3F)CC2)cc1OC. The average Bonchev–Trinajstić information content (AvgIpc) is 2.72. The molecule has 1 saturated heterocycles. The molecule has 2 aromatic rings. The van der Waals surface area contributed by atoms with Crippen LogP contribution in [0.1, 0.15) is 5.56 Å². The first-order valence-corrected chi connectivity index (χ1v) is 9.99. The molecule has 1 aliphatic heterocycles. The van der Waals surface area contributed by atoms with E-state index in [1.54, 1.807) is 14.2 Å². The van der Waals surface area contributed by atoms with Gasteiger partial charge in [0.2, 0.25) is 0 Å². The lowest BCUT2D eigenvalue weighted by Gasteiger charge is -2.29. The van der Waals surface area contributed by atoms with Gasteiger partial charge in [-0.2, -0.15) is 0 Å². The fourth-order valence-electron chi connectivity index (χ4n) is 3.60. The molecule has 0 bridgehead atoms. The number of anilines is 1. The van der Waals surface area contributed by atoms with Crippen LogP contribution in [0.5, 0.6) is 11.5 Å². The van der Waals surface area contributed by atoms with Crippen molar-refractivity contribution in [3.05, 3.63) is 52.8 Å². The zero-order chi connectivity index (χ0) is 20.8. The molecule has 1 amide bonds. The third-order valence-corrected chi connectivity index (χ3v) is 5.41. The summed E-state index contributed by atoms with van der Waals surface area (Å²) in [6.45, 7) is 4.90. The number of carbonyl (C=O) groups excluding carboxylic acids is 1. The highest BCUT2D eigenvalue weighted by Gasteiger charge is 2.25. The van der Waals surface area contributed by atoms with Gasteiger partial charge in [0.1, 0.15) is 38.5 Å². The minimum absolute atomic E-state index is 0.125. The van der Waals surface area contributed by atoms with Crippen LogP contribution in [0.3, 0.4) is 0 Å². The Morgan fingerprint density at radius 3 is 2.41 bits per heavy atom. The highest BCUT2D eigenvalue weighted by atomic mass is 35.5. The first-order chi connectivity index (χ1) is 14.0. The van der Waals surface area contributed by atoms with Crippen LogP contribution in [-0.4, -0.2) is 52.9 Å². The topological polar surface area (TPSA) is 56.4 Å². The maximum Gasteiger partial charge on any atom is 0.279 e. The second-order valence-electron chi connectivity index (χ2n) is 7.22. The number of hydrogen-bond acceptors (Lipinski definition) is 3. The van der Waals surface area contributed by atoms with Gasteiger partial charge < -0.3 is 24.6 Å². The highest BCUT2D eigenvalue weighted by Crippen LogP contribution is 2.27. The van der Waals surface area contributed by atoms with Crippen LogP contribution in [0.4, 0.5) is 10.1 Å². The summed E-state index contributed by atoms with van der Waals surface area (Å²) in [5.74, 6) is 0.771.